The largest absolute Gasteiger partial charge is 0.444 e. The fourth-order valence-corrected chi connectivity index (χ4v) is 7.68. The van der Waals surface area contributed by atoms with Crippen molar-refractivity contribution in [1.82, 2.24) is 10.2 Å². The molecule has 2 N–H and O–H groups in total. The summed E-state index contributed by atoms with van der Waals surface area (Å²) in [4.78, 5) is 21.7. The van der Waals surface area contributed by atoms with Gasteiger partial charge in [0.1, 0.15) is 11.4 Å². The number of alkyl carbamates (subject to hydrolysis) is 1. The number of hydrogen-bond donors (Lipinski definition) is 2. The van der Waals surface area contributed by atoms with Crippen molar-refractivity contribution in [2.24, 2.45) is 10.9 Å². The van der Waals surface area contributed by atoms with Crippen LogP contribution in [-0.4, -0.2) is 53.2 Å². The van der Waals surface area contributed by atoms with Crippen LogP contribution in [0.3, 0.4) is 0 Å². The van der Waals surface area contributed by atoms with Crippen LogP contribution in [0.1, 0.15) is 102 Å². The van der Waals surface area contributed by atoms with E-state index in [0.717, 1.165) is 75.4 Å². The summed E-state index contributed by atoms with van der Waals surface area (Å²) in [5.41, 5.74) is 4.62. The summed E-state index contributed by atoms with van der Waals surface area (Å²) in [7, 11) is 0. The van der Waals surface area contributed by atoms with E-state index >= 15 is 0 Å². The zero-order valence-electron chi connectivity index (χ0n) is 25.6. The van der Waals surface area contributed by atoms with Crippen LogP contribution in [0.2, 0.25) is 5.02 Å². The highest BCUT2D eigenvalue weighted by atomic mass is 35.5. The number of nitrogens with zero attached hydrogens (tertiary/aromatic N) is 3. The van der Waals surface area contributed by atoms with Gasteiger partial charge in [0.2, 0.25) is 0 Å². The number of aliphatic hydroxyl groups is 1. The number of aliphatic imine (C=N–C) groups is 1. The van der Waals surface area contributed by atoms with E-state index in [1.807, 2.05) is 39.0 Å². The number of aliphatic hydroxyl groups excluding tert-OH is 1. The van der Waals surface area contributed by atoms with Gasteiger partial charge in [-0.1, -0.05) is 29.8 Å². The van der Waals surface area contributed by atoms with Crippen molar-refractivity contribution >= 4 is 34.9 Å². The summed E-state index contributed by atoms with van der Waals surface area (Å²) in [6.45, 7) is 13.5. The van der Waals surface area contributed by atoms with Crippen LogP contribution in [0.15, 0.2) is 41.4 Å². The van der Waals surface area contributed by atoms with Crippen molar-refractivity contribution in [2.45, 2.75) is 102 Å². The van der Waals surface area contributed by atoms with Gasteiger partial charge >= 0.3 is 6.09 Å². The third-order valence-electron chi connectivity index (χ3n) is 9.62. The molecule has 0 radical (unpaired) electrons. The molecular formula is C34H45ClN4O3. The Kier molecular flexibility index (Phi) is 7.82. The van der Waals surface area contributed by atoms with Crippen molar-refractivity contribution in [3.8, 4) is 0 Å². The first-order chi connectivity index (χ1) is 19.9. The number of likely N-dealkylation sites (tertiary alicyclic amines) is 1. The number of amidine groups is 1. The summed E-state index contributed by atoms with van der Waals surface area (Å²) in [6, 6.07) is 12.9. The van der Waals surface area contributed by atoms with E-state index < -0.39 is 11.8 Å². The molecule has 2 aromatic rings. The molecule has 7 nitrogen and oxygen atoms in total. The van der Waals surface area contributed by atoms with Gasteiger partial charge in [0.25, 0.3) is 0 Å². The highest BCUT2D eigenvalue weighted by Crippen LogP contribution is 2.52. The molecule has 3 heterocycles. The number of carbonyl (C=O) groups excluding carboxylic acids is 1. The average Bonchev–Trinajstić information content (AvgIpc) is 3.15. The van der Waals surface area contributed by atoms with Crippen LogP contribution in [0.25, 0.3) is 0 Å². The van der Waals surface area contributed by atoms with Gasteiger partial charge < -0.3 is 20.1 Å². The molecule has 2 aromatic carbocycles. The number of benzene rings is 2. The molecule has 6 rings (SSSR count). The zero-order valence-corrected chi connectivity index (χ0v) is 26.4. The number of rotatable bonds is 4. The number of anilines is 2. The molecule has 42 heavy (non-hydrogen) atoms. The Labute approximate surface area is 255 Å². The normalized spacial score (nSPS) is 25.7. The molecule has 226 valence electrons. The van der Waals surface area contributed by atoms with E-state index in [4.69, 9.17) is 21.3 Å². The fourth-order valence-electron chi connectivity index (χ4n) is 7.41. The predicted molar refractivity (Wildman–Crippen MR) is 169 cm³/mol. The number of piperidine rings is 1. The summed E-state index contributed by atoms with van der Waals surface area (Å²) in [6.07, 6.45) is 5.45. The van der Waals surface area contributed by atoms with Crippen LogP contribution >= 0.6 is 11.6 Å². The van der Waals surface area contributed by atoms with Gasteiger partial charge in [-0.3, -0.25) is 4.90 Å². The third-order valence-corrected chi connectivity index (χ3v) is 9.95. The maximum absolute atomic E-state index is 12.1. The first-order valence-corrected chi connectivity index (χ1v) is 16.0. The van der Waals surface area contributed by atoms with Crippen LogP contribution in [0, 0.1) is 5.92 Å². The molecule has 1 amide bonds. The summed E-state index contributed by atoms with van der Waals surface area (Å²) in [5, 5.41) is 14.5. The second-order valence-electron chi connectivity index (χ2n) is 14.2. The second kappa shape index (κ2) is 11.1. The monoisotopic (exact) mass is 592 g/mol. The Morgan fingerprint density at radius 3 is 2.48 bits per heavy atom. The van der Waals surface area contributed by atoms with Gasteiger partial charge in [-0.05, 0) is 127 Å². The molecule has 1 saturated carbocycles. The summed E-state index contributed by atoms with van der Waals surface area (Å²) >= 11 is 6.49. The number of carbonyl (C=O) groups is 1. The molecule has 0 spiro atoms. The van der Waals surface area contributed by atoms with Crippen LogP contribution in [-0.2, 0) is 10.2 Å². The van der Waals surface area contributed by atoms with E-state index in [0.29, 0.717) is 22.4 Å². The maximum atomic E-state index is 12.1. The van der Waals surface area contributed by atoms with Crippen molar-refractivity contribution in [1.29, 1.82) is 0 Å². The van der Waals surface area contributed by atoms with E-state index in [-0.39, 0.29) is 17.6 Å². The Morgan fingerprint density at radius 2 is 1.79 bits per heavy atom. The third kappa shape index (κ3) is 5.68. The molecule has 3 aliphatic heterocycles. The number of fused-ring (bicyclic) bond motifs is 5. The van der Waals surface area contributed by atoms with Crippen molar-refractivity contribution in [3.63, 3.8) is 0 Å². The van der Waals surface area contributed by atoms with E-state index in [9.17, 15) is 9.90 Å². The minimum atomic E-state index is -0.950. The zero-order chi connectivity index (χ0) is 29.8. The Morgan fingerprint density at radius 1 is 1.07 bits per heavy atom. The molecule has 2 fully saturated rings. The Bertz CT molecular complexity index is 1370. The van der Waals surface area contributed by atoms with E-state index in [1.165, 1.54) is 11.1 Å². The lowest BCUT2D eigenvalue weighted by molar-refractivity contribution is 0.0482. The summed E-state index contributed by atoms with van der Waals surface area (Å²) in [5.74, 6) is 2.12. The molecule has 0 aromatic heterocycles. The number of ether oxygens (including phenoxy) is 1. The van der Waals surface area contributed by atoms with E-state index in [2.05, 4.69) is 47.2 Å². The van der Waals surface area contributed by atoms with Crippen molar-refractivity contribution in [2.75, 3.05) is 24.5 Å². The van der Waals surface area contributed by atoms with Gasteiger partial charge in [0.05, 0.1) is 16.4 Å². The SMILES string of the molecule is CC(C)(C)OC(=O)NC1CCC(CN2CCC(c3ccc4c(c3)C(C)(C)C3=NC(O)c5c(Cl)cccc5N34)CC2)CC1. The molecular weight excluding hydrogens is 548 g/mol. The molecule has 1 unspecified atom stereocenters. The highest BCUT2D eigenvalue weighted by Gasteiger charge is 2.46. The number of amides is 1. The van der Waals surface area contributed by atoms with Crippen molar-refractivity contribution in [3.05, 3.63) is 58.1 Å². The first kappa shape index (κ1) is 29.5. The molecule has 4 aliphatic rings. The Balaban J connectivity index is 1.06. The smallest absolute Gasteiger partial charge is 0.407 e. The van der Waals surface area contributed by atoms with Crippen LogP contribution in [0.4, 0.5) is 16.2 Å². The van der Waals surface area contributed by atoms with Crippen molar-refractivity contribution < 1.29 is 14.6 Å². The van der Waals surface area contributed by atoms with Gasteiger partial charge in [0.15, 0.2) is 6.23 Å². The molecule has 8 heteroatoms. The highest BCUT2D eigenvalue weighted by molar-refractivity contribution is 6.32. The quantitative estimate of drug-likeness (QED) is 0.386. The molecule has 1 atom stereocenters. The second-order valence-corrected chi connectivity index (χ2v) is 14.6. The fraction of sp³-hybridized carbons (Fsp3) is 0.588. The first-order valence-electron chi connectivity index (χ1n) is 15.6. The summed E-state index contributed by atoms with van der Waals surface area (Å²) < 4.78 is 5.44. The van der Waals surface area contributed by atoms with Gasteiger partial charge in [-0.25, -0.2) is 9.79 Å². The standard InChI is InChI=1S/C34H45ClN4O3/c1-33(2,3)42-32(41)36-24-12-9-21(10-13-24)20-38-17-15-22(16-18-38)23-11-14-27-25(19-23)34(4,5)31-37-30(40)29-26(35)7-6-8-28(29)39(27)31/h6-8,11,14,19,21-22,24,30,40H,9-10,12-13,15-18,20H2,1-5H3,(H,36,41). The lowest BCUT2D eigenvalue weighted by atomic mass is 9.81. The van der Waals surface area contributed by atoms with Gasteiger partial charge in [-0.2, -0.15) is 0 Å². The van der Waals surface area contributed by atoms with Crippen LogP contribution in [0.5, 0.6) is 0 Å². The average molecular weight is 593 g/mol. The van der Waals surface area contributed by atoms with Gasteiger partial charge in [-0.15, -0.1) is 0 Å². The predicted octanol–water partition coefficient (Wildman–Crippen LogP) is 7.44. The minimum Gasteiger partial charge on any atom is -0.444 e. The molecule has 1 aliphatic carbocycles. The Hall–Kier alpha value is -2.61. The lowest BCUT2D eigenvalue weighted by Gasteiger charge is -2.37. The van der Waals surface area contributed by atoms with Crippen LogP contribution < -0.4 is 10.2 Å². The van der Waals surface area contributed by atoms with E-state index in [1.54, 1.807) is 0 Å². The lowest BCUT2D eigenvalue weighted by Crippen LogP contribution is -2.43. The number of halogens is 1. The topological polar surface area (TPSA) is 77.4 Å². The molecule has 0 bridgehead atoms. The number of nitrogens with one attached hydrogen (secondary N) is 1. The number of hydrogen-bond acceptors (Lipinski definition) is 6. The maximum Gasteiger partial charge on any atom is 0.407 e. The molecule has 1 saturated heterocycles. The van der Waals surface area contributed by atoms with Gasteiger partial charge in [0, 0.05) is 23.6 Å². The minimum absolute atomic E-state index is 0.228.